The number of aromatic nitrogens is 2. The van der Waals surface area contributed by atoms with Crippen molar-refractivity contribution < 1.29 is 5.11 Å². The van der Waals surface area contributed by atoms with Crippen molar-refractivity contribution in [1.82, 2.24) is 24.7 Å². The van der Waals surface area contributed by atoms with Crippen molar-refractivity contribution in [3.8, 4) is 5.75 Å². The van der Waals surface area contributed by atoms with Crippen LogP contribution in [0.5, 0.6) is 5.75 Å². The lowest BCUT2D eigenvalue weighted by molar-refractivity contribution is 0.354. The second-order valence-corrected chi connectivity index (χ2v) is 8.86. The highest BCUT2D eigenvalue weighted by Crippen LogP contribution is 2.37. The second kappa shape index (κ2) is 8.12. The van der Waals surface area contributed by atoms with E-state index < -0.39 is 5.54 Å². The SMILES string of the molecule is CN(C)CCNC1(CN)C=Cc2c(CCN(C)C)[nH]n3c2c1c(=O)c1c(O)cccc13. The number of aromatic hydroxyl groups is 1. The number of nitrogens with zero attached hydrogens (tertiary/aromatic N) is 3. The number of aromatic amines is 1. The van der Waals surface area contributed by atoms with Gasteiger partial charge in [-0.2, -0.15) is 0 Å². The van der Waals surface area contributed by atoms with Crippen LogP contribution in [0.4, 0.5) is 0 Å². The van der Waals surface area contributed by atoms with Gasteiger partial charge in [-0.25, -0.2) is 0 Å². The van der Waals surface area contributed by atoms with Crippen molar-refractivity contribution in [1.29, 1.82) is 0 Å². The number of pyridine rings is 1. The summed E-state index contributed by atoms with van der Waals surface area (Å²) in [6, 6.07) is 5.18. The molecule has 0 fully saturated rings. The van der Waals surface area contributed by atoms with Gasteiger partial charge in [0.1, 0.15) is 5.75 Å². The molecular weight excluding hydrogens is 392 g/mol. The first-order chi connectivity index (χ1) is 14.8. The summed E-state index contributed by atoms with van der Waals surface area (Å²) < 4.78 is 1.94. The minimum atomic E-state index is -0.803. The van der Waals surface area contributed by atoms with Gasteiger partial charge < -0.3 is 26.0 Å². The van der Waals surface area contributed by atoms with Gasteiger partial charge in [-0.15, -0.1) is 0 Å². The highest BCUT2D eigenvalue weighted by molar-refractivity contribution is 5.93. The monoisotopic (exact) mass is 424 g/mol. The number of hydrogen-bond acceptors (Lipinski definition) is 6. The predicted molar refractivity (Wildman–Crippen MR) is 126 cm³/mol. The maximum Gasteiger partial charge on any atom is 0.199 e. The number of rotatable bonds is 8. The summed E-state index contributed by atoms with van der Waals surface area (Å²) >= 11 is 0. The molecule has 166 valence electrons. The molecule has 2 aromatic heterocycles. The van der Waals surface area contributed by atoms with Gasteiger partial charge >= 0.3 is 0 Å². The predicted octanol–water partition coefficient (Wildman–Crippen LogP) is 0.923. The maximum absolute atomic E-state index is 13.8. The zero-order valence-electron chi connectivity index (χ0n) is 18.7. The maximum atomic E-state index is 13.8. The quantitative estimate of drug-likeness (QED) is 0.429. The summed E-state index contributed by atoms with van der Waals surface area (Å²) in [4.78, 5) is 18.0. The van der Waals surface area contributed by atoms with Gasteiger partial charge in [0.05, 0.1) is 27.5 Å². The number of nitrogens with one attached hydrogen (secondary N) is 2. The van der Waals surface area contributed by atoms with E-state index in [2.05, 4.69) is 26.3 Å². The minimum absolute atomic E-state index is 0.0205. The molecule has 0 saturated carbocycles. The van der Waals surface area contributed by atoms with E-state index in [1.54, 1.807) is 12.1 Å². The van der Waals surface area contributed by atoms with Crippen LogP contribution < -0.4 is 16.5 Å². The van der Waals surface area contributed by atoms with E-state index >= 15 is 0 Å². The van der Waals surface area contributed by atoms with Crippen LogP contribution in [0.1, 0.15) is 16.8 Å². The van der Waals surface area contributed by atoms with Crippen molar-refractivity contribution in [2.45, 2.75) is 12.0 Å². The molecule has 2 heterocycles. The molecule has 8 nitrogen and oxygen atoms in total. The van der Waals surface area contributed by atoms with Gasteiger partial charge in [0.15, 0.2) is 5.43 Å². The van der Waals surface area contributed by atoms with Gasteiger partial charge in [-0.05, 0) is 40.3 Å². The normalized spacial score (nSPS) is 18.2. The molecule has 0 bridgehead atoms. The second-order valence-electron chi connectivity index (χ2n) is 8.86. The minimum Gasteiger partial charge on any atom is -0.507 e. The summed E-state index contributed by atoms with van der Waals surface area (Å²) in [7, 11) is 8.10. The molecular formula is C23H32N6O2. The Kier molecular flexibility index (Phi) is 5.65. The average molecular weight is 425 g/mol. The Morgan fingerprint density at radius 2 is 1.94 bits per heavy atom. The number of nitrogens with two attached hydrogens (primary N) is 1. The summed E-state index contributed by atoms with van der Waals surface area (Å²) in [5, 5.41) is 17.9. The first-order valence-corrected chi connectivity index (χ1v) is 10.6. The van der Waals surface area contributed by atoms with Crippen LogP contribution in [-0.4, -0.2) is 78.9 Å². The van der Waals surface area contributed by atoms with E-state index in [9.17, 15) is 9.90 Å². The van der Waals surface area contributed by atoms with Crippen LogP contribution in [0.2, 0.25) is 0 Å². The first kappa shape index (κ1) is 21.6. The number of likely N-dealkylation sites (N-methyl/N-ethyl adjacent to an activating group) is 2. The van der Waals surface area contributed by atoms with Crippen LogP contribution >= 0.6 is 0 Å². The Labute approximate surface area is 181 Å². The van der Waals surface area contributed by atoms with Crippen molar-refractivity contribution in [3.63, 3.8) is 0 Å². The van der Waals surface area contributed by atoms with E-state index in [4.69, 9.17) is 5.73 Å². The highest BCUT2D eigenvalue weighted by atomic mass is 16.3. The van der Waals surface area contributed by atoms with Gasteiger partial charge in [-0.3, -0.25) is 14.4 Å². The van der Waals surface area contributed by atoms with Crippen LogP contribution in [-0.2, 0) is 12.0 Å². The zero-order valence-corrected chi connectivity index (χ0v) is 18.7. The third-order valence-electron chi connectivity index (χ3n) is 6.11. The smallest absolute Gasteiger partial charge is 0.199 e. The van der Waals surface area contributed by atoms with Gasteiger partial charge in [0.2, 0.25) is 0 Å². The molecule has 1 unspecified atom stereocenters. The summed E-state index contributed by atoms with van der Waals surface area (Å²) in [6.07, 6.45) is 4.90. The van der Waals surface area contributed by atoms with Crippen molar-refractivity contribution in [2.75, 3.05) is 54.4 Å². The van der Waals surface area contributed by atoms with Crippen molar-refractivity contribution in [3.05, 3.63) is 51.3 Å². The van der Waals surface area contributed by atoms with Gasteiger partial charge in [-0.1, -0.05) is 18.2 Å². The Bertz CT molecular complexity index is 1210. The molecule has 31 heavy (non-hydrogen) atoms. The number of fused-ring (bicyclic) bond motifs is 2. The van der Waals surface area contributed by atoms with E-state index in [1.165, 1.54) is 0 Å². The van der Waals surface area contributed by atoms with Crippen LogP contribution in [0, 0.1) is 0 Å². The van der Waals surface area contributed by atoms with E-state index in [0.29, 0.717) is 23.0 Å². The Balaban J connectivity index is 2.01. The molecule has 5 N–H and O–H groups in total. The third-order valence-corrected chi connectivity index (χ3v) is 6.11. The fourth-order valence-corrected chi connectivity index (χ4v) is 4.44. The molecule has 0 radical (unpaired) electrons. The molecule has 4 rings (SSSR count). The lowest BCUT2D eigenvalue weighted by Gasteiger charge is -2.34. The Morgan fingerprint density at radius 3 is 2.61 bits per heavy atom. The van der Waals surface area contributed by atoms with Crippen LogP contribution in [0.15, 0.2) is 29.1 Å². The van der Waals surface area contributed by atoms with Crippen molar-refractivity contribution in [2.24, 2.45) is 5.73 Å². The summed E-state index contributed by atoms with van der Waals surface area (Å²) in [5.74, 6) is -0.0205. The molecule has 1 atom stereocenters. The van der Waals surface area contributed by atoms with Crippen molar-refractivity contribution >= 4 is 22.5 Å². The fourth-order valence-electron chi connectivity index (χ4n) is 4.44. The number of H-pyrrole nitrogens is 1. The fraction of sp³-hybridized carbons (Fsp3) is 0.435. The first-order valence-electron chi connectivity index (χ1n) is 10.6. The Morgan fingerprint density at radius 1 is 1.19 bits per heavy atom. The average Bonchev–Trinajstić information content (AvgIpc) is 3.09. The third kappa shape index (κ3) is 3.55. The lowest BCUT2D eigenvalue weighted by atomic mass is 9.82. The van der Waals surface area contributed by atoms with Crippen LogP contribution in [0.25, 0.3) is 22.5 Å². The number of phenols is 1. The topological polar surface area (TPSA) is 102 Å². The van der Waals surface area contributed by atoms with E-state index in [0.717, 1.165) is 36.3 Å². The van der Waals surface area contributed by atoms with E-state index in [-0.39, 0.29) is 17.7 Å². The molecule has 8 heteroatoms. The van der Waals surface area contributed by atoms with E-state index in [1.807, 2.05) is 44.8 Å². The number of phenolic OH excluding ortho intramolecular Hbond substituents is 1. The zero-order chi connectivity index (χ0) is 22.3. The van der Waals surface area contributed by atoms with Gasteiger partial charge in [0.25, 0.3) is 0 Å². The molecule has 0 saturated heterocycles. The number of benzene rings is 1. The molecule has 0 spiro atoms. The lowest BCUT2D eigenvalue weighted by Crippen LogP contribution is -2.52. The summed E-state index contributed by atoms with van der Waals surface area (Å²) in [5.41, 5.74) is 9.46. The summed E-state index contributed by atoms with van der Waals surface area (Å²) in [6.45, 7) is 2.60. The highest BCUT2D eigenvalue weighted by Gasteiger charge is 2.38. The van der Waals surface area contributed by atoms with Gasteiger partial charge in [0, 0.05) is 43.9 Å². The Hall–Kier alpha value is -2.65. The standard InChI is InChI=1S/C23H32N6O2/c1-27(2)12-9-16-15-8-10-23(14-24,25-11-13-28(3)4)20-21(15)29(26-16)17-6-5-7-18(30)19(17)22(20)31/h5-8,10,25-26,30H,9,11-14,24H2,1-4H3. The molecule has 1 aliphatic rings. The molecule has 0 aliphatic heterocycles. The largest absolute Gasteiger partial charge is 0.507 e. The molecule has 1 aromatic carbocycles. The molecule has 1 aliphatic carbocycles. The molecule has 3 aromatic rings. The van der Waals surface area contributed by atoms with Crippen LogP contribution in [0.3, 0.4) is 0 Å². The number of hydrogen-bond donors (Lipinski definition) is 4. The molecule has 0 amide bonds.